The minimum absolute atomic E-state index is 0.313. The fraction of sp³-hybridized carbons (Fsp3) is 0.158. The van der Waals surface area contributed by atoms with Crippen LogP contribution >= 0.6 is 0 Å². The average Bonchev–Trinajstić information content (AvgIpc) is 3.17. The molecule has 1 aromatic heterocycles. The topological polar surface area (TPSA) is 67.6 Å². The van der Waals surface area contributed by atoms with E-state index in [0.717, 1.165) is 16.9 Å². The molecule has 4 rings (SSSR count). The maximum atomic E-state index is 11.4. The van der Waals surface area contributed by atoms with Gasteiger partial charge in [0.05, 0.1) is 17.9 Å². The number of benzene rings is 2. The summed E-state index contributed by atoms with van der Waals surface area (Å²) in [7, 11) is 0. The van der Waals surface area contributed by atoms with E-state index >= 15 is 0 Å². The van der Waals surface area contributed by atoms with Gasteiger partial charge in [-0.25, -0.2) is 9.48 Å². The molecule has 25 heavy (non-hydrogen) atoms. The van der Waals surface area contributed by atoms with E-state index in [2.05, 4.69) is 5.10 Å². The van der Waals surface area contributed by atoms with Crippen molar-refractivity contribution in [3.05, 3.63) is 72.6 Å². The lowest BCUT2D eigenvalue weighted by molar-refractivity contribution is -0.144. The fourth-order valence-electron chi connectivity index (χ4n) is 2.98. The zero-order valence-corrected chi connectivity index (χ0v) is 13.4. The van der Waals surface area contributed by atoms with Crippen LogP contribution in [0.25, 0.3) is 5.69 Å². The van der Waals surface area contributed by atoms with Crippen molar-refractivity contribution in [2.45, 2.75) is 12.6 Å². The van der Waals surface area contributed by atoms with Gasteiger partial charge in [0, 0.05) is 18.9 Å². The second kappa shape index (κ2) is 6.32. The van der Waals surface area contributed by atoms with E-state index in [9.17, 15) is 9.90 Å². The molecule has 0 aliphatic carbocycles. The summed E-state index contributed by atoms with van der Waals surface area (Å²) in [4.78, 5) is 13.4. The quantitative estimate of drug-likeness (QED) is 0.794. The Labute approximate surface area is 144 Å². The highest BCUT2D eigenvalue weighted by Gasteiger charge is 2.30. The molecule has 0 fully saturated rings. The summed E-state index contributed by atoms with van der Waals surface area (Å²) in [6.07, 6.45) is 2.77. The molecule has 126 valence electrons. The van der Waals surface area contributed by atoms with Crippen molar-refractivity contribution in [1.29, 1.82) is 0 Å². The number of hydrogen-bond acceptors (Lipinski definition) is 4. The van der Waals surface area contributed by atoms with Crippen LogP contribution in [0.1, 0.15) is 5.56 Å². The SMILES string of the molecule is O=C(O)C1CN(Cc2ccc(-n3cccn3)cc2)c2ccccc2O1. The number of carboxylic acid groups (broad SMARTS) is 1. The number of rotatable bonds is 4. The number of para-hydroxylation sites is 2. The molecule has 0 saturated heterocycles. The number of aliphatic carboxylic acids is 1. The first-order valence-electron chi connectivity index (χ1n) is 8.03. The number of anilines is 1. The molecule has 1 N–H and O–H groups in total. The molecule has 6 heteroatoms. The molecule has 2 aromatic carbocycles. The van der Waals surface area contributed by atoms with Gasteiger partial charge in [0.1, 0.15) is 5.75 Å². The van der Waals surface area contributed by atoms with E-state index in [-0.39, 0.29) is 0 Å². The lowest BCUT2D eigenvalue weighted by atomic mass is 10.1. The van der Waals surface area contributed by atoms with Crippen molar-refractivity contribution in [2.75, 3.05) is 11.4 Å². The van der Waals surface area contributed by atoms with Crippen molar-refractivity contribution < 1.29 is 14.6 Å². The molecule has 1 unspecified atom stereocenters. The first-order chi connectivity index (χ1) is 12.2. The van der Waals surface area contributed by atoms with Crippen LogP contribution in [-0.4, -0.2) is 33.5 Å². The standard InChI is InChI=1S/C19H17N3O3/c23-19(24)18-13-21(16-4-1-2-5-17(16)25-18)12-14-6-8-15(9-7-14)22-11-3-10-20-22/h1-11,18H,12-13H2,(H,23,24). The minimum Gasteiger partial charge on any atom is -0.478 e. The first kappa shape index (κ1) is 15.3. The van der Waals surface area contributed by atoms with E-state index in [1.807, 2.05) is 59.6 Å². The van der Waals surface area contributed by atoms with Gasteiger partial charge in [-0.15, -0.1) is 0 Å². The largest absolute Gasteiger partial charge is 0.478 e. The molecule has 0 radical (unpaired) electrons. The molecule has 2 heterocycles. The number of carboxylic acids is 1. The van der Waals surface area contributed by atoms with Gasteiger partial charge in [-0.1, -0.05) is 24.3 Å². The lowest BCUT2D eigenvalue weighted by Gasteiger charge is -2.34. The summed E-state index contributed by atoms with van der Waals surface area (Å²) in [5, 5.41) is 13.5. The van der Waals surface area contributed by atoms with Crippen molar-refractivity contribution in [3.63, 3.8) is 0 Å². The van der Waals surface area contributed by atoms with Crippen LogP contribution < -0.4 is 9.64 Å². The average molecular weight is 335 g/mol. The van der Waals surface area contributed by atoms with E-state index in [0.29, 0.717) is 18.8 Å². The summed E-state index contributed by atoms with van der Waals surface area (Å²) >= 11 is 0. The second-order valence-electron chi connectivity index (χ2n) is 5.91. The molecule has 6 nitrogen and oxygen atoms in total. The van der Waals surface area contributed by atoms with Gasteiger partial charge >= 0.3 is 5.97 Å². The zero-order chi connectivity index (χ0) is 17.2. The minimum atomic E-state index is -0.950. The van der Waals surface area contributed by atoms with Gasteiger partial charge in [-0.2, -0.15) is 5.10 Å². The molecule has 0 saturated carbocycles. The van der Waals surface area contributed by atoms with Crippen molar-refractivity contribution in [2.24, 2.45) is 0 Å². The summed E-state index contributed by atoms with van der Waals surface area (Å²) < 4.78 is 7.38. The number of ether oxygens (including phenoxy) is 1. The Hall–Kier alpha value is -3.28. The van der Waals surface area contributed by atoms with E-state index < -0.39 is 12.1 Å². The predicted octanol–water partition coefficient (Wildman–Crippen LogP) is 2.72. The fourth-order valence-corrected chi connectivity index (χ4v) is 2.98. The van der Waals surface area contributed by atoms with E-state index in [4.69, 9.17) is 4.74 Å². The van der Waals surface area contributed by atoms with E-state index in [1.165, 1.54) is 0 Å². The van der Waals surface area contributed by atoms with Gasteiger partial charge in [0.25, 0.3) is 0 Å². The lowest BCUT2D eigenvalue weighted by Crippen LogP contribution is -2.44. The molecule has 1 aliphatic heterocycles. The smallest absolute Gasteiger partial charge is 0.346 e. The number of aromatic nitrogens is 2. The van der Waals surface area contributed by atoms with Crippen LogP contribution in [-0.2, 0) is 11.3 Å². The molecule has 1 aliphatic rings. The summed E-state index contributed by atoms with van der Waals surface area (Å²) in [6.45, 7) is 0.927. The monoisotopic (exact) mass is 335 g/mol. The van der Waals surface area contributed by atoms with Crippen LogP contribution in [0.4, 0.5) is 5.69 Å². The predicted molar refractivity (Wildman–Crippen MR) is 93.1 cm³/mol. The van der Waals surface area contributed by atoms with Crippen LogP contribution in [0.3, 0.4) is 0 Å². The molecular formula is C19H17N3O3. The third-order valence-electron chi connectivity index (χ3n) is 4.22. The normalized spacial score (nSPS) is 16.2. The Morgan fingerprint density at radius 1 is 1.16 bits per heavy atom. The van der Waals surface area contributed by atoms with Gasteiger partial charge in [-0.05, 0) is 35.9 Å². The Morgan fingerprint density at radius 2 is 1.96 bits per heavy atom. The van der Waals surface area contributed by atoms with Crippen LogP contribution in [0.15, 0.2) is 67.0 Å². The van der Waals surface area contributed by atoms with E-state index in [1.54, 1.807) is 16.9 Å². The molecule has 0 bridgehead atoms. The highest BCUT2D eigenvalue weighted by molar-refractivity contribution is 5.76. The summed E-state index contributed by atoms with van der Waals surface area (Å²) in [6, 6.07) is 17.5. The Bertz CT molecular complexity index is 875. The first-order valence-corrected chi connectivity index (χ1v) is 8.03. The Balaban J connectivity index is 1.58. The van der Waals surface area contributed by atoms with Crippen LogP contribution in [0, 0.1) is 0 Å². The highest BCUT2D eigenvalue weighted by atomic mass is 16.5. The molecule has 0 amide bonds. The number of carbonyl (C=O) groups is 1. The molecular weight excluding hydrogens is 318 g/mol. The van der Waals surface area contributed by atoms with Gasteiger partial charge in [-0.3, -0.25) is 0 Å². The maximum absolute atomic E-state index is 11.4. The third kappa shape index (κ3) is 3.06. The molecule has 3 aromatic rings. The second-order valence-corrected chi connectivity index (χ2v) is 5.91. The maximum Gasteiger partial charge on any atom is 0.346 e. The van der Waals surface area contributed by atoms with Gasteiger partial charge in [0.15, 0.2) is 0 Å². The van der Waals surface area contributed by atoms with Crippen molar-refractivity contribution in [1.82, 2.24) is 9.78 Å². The van der Waals surface area contributed by atoms with Crippen molar-refractivity contribution in [3.8, 4) is 11.4 Å². The van der Waals surface area contributed by atoms with Crippen molar-refractivity contribution >= 4 is 11.7 Å². The molecule has 1 atom stereocenters. The number of hydrogen-bond donors (Lipinski definition) is 1. The summed E-state index contributed by atoms with van der Waals surface area (Å²) in [5.74, 6) is -0.345. The Kier molecular flexibility index (Phi) is 3.85. The third-order valence-corrected chi connectivity index (χ3v) is 4.22. The van der Waals surface area contributed by atoms with Gasteiger partial charge in [0.2, 0.25) is 6.10 Å². The van der Waals surface area contributed by atoms with Crippen LogP contribution in [0.5, 0.6) is 5.75 Å². The zero-order valence-electron chi connectivity index (χ0n) is 13.4. The number of fused-ring (bicyclic) bond motifs is 1. The molecule has 0 spiro atoms. The Morgan fingerprint density at radius 3 is 2.68 bits per heavy atom. The highest BCUT2D eigenvalue weighted by Crippen LogP contribution is 2.34. The summed E-state index contributed by atoms with van der Waals surface area (Å²) in [5.41, 5.74) is 2.99. The van der Waals surface area contributed by atoms with Gasteiger partial charge < -0.3 is 14.7 Å². The van der Waals surface area contributed by atoms with Crippen LogP contribution in [0.2, 0.25) is 0 Å². The number of nitrogens with zero attached hydrogens (tertiary/aromatic N) is 3.